The fraction of sp³-hybridized carbons (Fsp3) is 0.750. The van der Waals surface area contributed by atoms with Gasteiger partial charge in [0.1, 0.15) is 0 Å². The van der Waals surface area contributed by atoms with Crippen LogP contribution in [-0.2, 0) is 4.79 Å². The molecule has 13 heavy (non-hydrogen) atoms. The minimum Gasteiger partial charge on any atom is -0.393 e. The lowest BCUT2D eigenvalue weighted by Gasteiger charge is -2.24. The van der Waals surface area contributed by atoms with Gasteiger partial charge in [-0.1, -0.05) is 19.1 Å². The lowest BCUT2D eigenvalue weighted by atomic mass is 10.2. The average molecular weight is 203 g/mol. The maximum absolute atomic E-state index is 10.9. The molecule has 1 amide bonds. The number of carbonyl (C=O) groups excluding carboxylic acids is 1. The van der Waals surface area contributed by atoms with Crippen LogP contribution < -0.4 is 11.5 Å². The van der Waals surface area contributed by atoms with Crippen molar-refractivity contribution >= 4 is 23.1 Å². The molecule has 0 aliphatic carbocycles. The van der Waals surface area contributed by atoms with Gasteiger partial charge in [-0.25, -0.2) is 0 Å². The first-order valence-corrected chi connectivity index (χ1v) is 4.71. The van der Waals surface area contributed by atoms with Crippen LogP contribution in [0.4, 0.5) is 0 Å². The molecule has 0 bridgehead atoms. The van der Waals surface area contributed by atoms with E-state index in [1.807, 2.05) is 11.8 Å². The van der Waals surface area contributed by atoms with Crippen molar-refractivity contribution in [2.45, 2.75) is 26.3 Å². The van der Waals surface area contributed by atoms with Gasteiger partial charge in [0.2, 0.25) is 5.91 Å². The third kappa shape index (κ3) is 4.80. The molecule has 0 fully saturated rings. The van der Waals surface area contributed by atoms with E-state index in [0.717, 1.165) is 6.54 Å². The van der Waals surface area contributed by atoms with E-state index < -0.39 is 0 Å². The van der Waals surface area contributed by atoms with E-state index >= 15 is 0 Å². The first kappa shape index (κ1) is 12.3. The topological polar surface area (TPSA) is 72.3 Å². The van der Waals surface area contributed by atoms with Crippen LogP contribution in [0.5, 0.6) is 0 Å². The number of thiocarbonyl (C=S) groups is 1. The van der Waals surface area contributed by atoms with Gasteiger partial charge >= 0.3 is 0 Å². The van der Waals surface area contributed by atoms with Crippen molar-refractivity contribution in [3.63, 3.8) is 0 Å². The van der Waals surface area contributed by atoms with E-state index in [2.05, 4.69) is 0 Å². The van der Waals surface area contributed by atoms with E-state index in [4.69, 9.17) is 23.7 Å². The highest BCUT2D eigenvalue weighted by atomic mass is 32.1. The number of nitrogens with zero attached hydrogens (tertiary/aromatic N) is 1. The fourth-order valence-corrected chi connectivity index (χ4v) is 1.15. The summed E-state index contributed by atoms with van der Waals surface area (Å²) in [6.45, 7) is 5.22. The molecule has 0 saturated carbocycles. The number of hydrogen-bond donors (Lipinski definition) is 2. The molecule has 0 aromatic rings. The predicted molar refractivity (Wildman–Crippen MR) is 57.3 cm³/mol. The van der Waals surface area contributed by atoms with Crippen molar-refractivity contribution in [2.24, 2.45) is 11.5 Å². The smallest absolute Gasteiger partial charge is 0.234 e. The molecule has 0 aromatic carbocycles. The van der Waals surface area contributed by atoms with Gasteiger partial charge in [0.15, 0.2) is 0 Å². The minimum atomic E-state index is -0.315. The van der Waals surface area contributed by atoms with Gasteiger partial charge in [0, 0.05) is 13.0 Å². The Hall–Kier alpha value is -0.680. The number of carbonyl (C=O) groups is 1. The largest absolute Gasteiger partial charge is 0.393 e. The highest BCUT2D eigenvalue weighted by Crippen LogP contribution is 1.99. The SMILES string of the molecule is CCN(CCC(N)=S)C(C)C(N)=O. The zero-order valence-electron chi connectivity index (χ0n) is 8.12. The van der Waals surface area contributed by atoms with Crippen molar-refractivity contribution < 1.29 is 4.79 Å². The molecule has 0 heterocycles. The molecule has 0 aromatic heterocycles. The summed E-state index contributed by atoms with van der Waals surface area (Å²) < 4.78 is 0. The average Bonchev–Trinajstić information content (AvgIpc) is 2.04. The molecule has 4 N–H and O–H groups in total. The highest BCUT2D eigenvalue weighted by Gasteiger charge is 2.16. The third-order valence-electron chi connectivity index (χ3n) is 2.01. The molecule has 4 nitrogen and oxygen atoms in total. The van der Waals surface area contributed by atoms with Gasteiger partial charge in [-0.05, 0) is 13.5 Å². The summed E-state index contributed by atoms with van der Waals surface area (Å²) in [7, 11) is 0. The summed E-state index contributed by atoms with van der Waals surface area (Å²) in [5.41, 5.74) is 10.5. The van der Waals surface area contributed by atoms with Crippen molar-refractivity contribution in [1.82, 2.24) is 4.90 Å². The van der Waals surface area contributed by atoms with Crippen molar-refractivity contribution in [3.8, 4) is 0 Å². The van der Waals surface area contributed by atoms with Crippen molar-refractivity contribution in [2.75, 3.05) is 13.1 Å². The van der Waals surface area contributed by atoms with E-state index in [-0.39, 0.29) is 11.9 Å². The Balaban J connectivity index is 4.02. The van der Waals surface area contributed by atoms with E-state index in [0.29, 0.717) is 18.0 Å². The Morgan fingerprint density at radius 3 is 2.38 bits per heavy atom. The molecule has 1 unspecified atom stereocenters. The molecule has 0 spiro atoms. The molecule has 5 heteroatoms. The molecule has 1 atom stereocenters. The summed E-state index contributed by atoms with van der Waals surface area (Å²) in [6, 6.07) is -0.251. The van der Waals surface area contributed by atoms with Crippen LogP contribution in [0.1, 0.15) is 20.3 Å². The summed E-state index contributed by atoms with van der Waals surface area (Å²) >= 11 is 4.75. The first-order valence-electron chi connectivity index (χ1n) is 4.30. The van der Waals surface area contributed by atoms with Gasteiger partial charge in [-0.2, -0.15) is 0 Å². The lowest BCUT2D eigenvalue weighted by molar-refractivity contribution is -0.122. The maximum Gasteiger partial charge on any atom is 0.234 e. The number of hydrogen-bond acceptors (Lipinski definition) is 3. The van der Waals surface area contributed by atoms with Crippen LogP contribution >= 0.6 is 12.2 Å². The summed E-state index contributed by atoms with van der Waals surface area (Å²) in [6.07, 6.45) is 0.626. The van der Waals surface area contributed by atoms with E-state index in [1.165, 1.54) is 0 Å². The monoisotopic (exact) mass is 203 g/mol. The minimum absolute atomic E-state index is 0.251. The standard InChI is InChI=1S/C8H17N3OS/c1-3-11(5-4-7(9)13)6(2)8(10)12/h6H,3-5H2,1-2H3,(H2,9,13)(H2,10,12). The lowest BCUT2D eigenvalue weighted by Crippen LogP contribution is -2.43. The second-order valence-corrected chi connectivity index (χ2v) is 3.45. The zero-order valence-corrected chi connectivity index (χ0v) is 8.93. The Morgan fingerprint density at radius 1 is 1.54 bits per heavy atom. The number of rotatable bonds is 6. The molecule has 0 aliphatic heterocycles. The van der Waals surface area contributed by atoms with Gasteiger partial charge in [0.05, 0.1) is 11.0 Å². The Kier molecular flexibility index (Phi) is 5.57. The second-order valence-electron chi connectivity index (χ2n) is 2.92. The second kappa shape index (κ2) is 5.88. The molecule has 0 radical (unpaired) electrons. The molecule has 0 saturated heterocycles. The van der Waals surface area contributed by atoms with Crippen LogP contribution in [0.25, 0.3) is 0 Å². The molecule has 0 aliphatic rings. The highest BCUT2D eigenvalue weighted by molar-refractivity contribution is 7.80. The number of primary amides is 1. The number of likely N-dealkylation sites (N-methyl/N-ethyl adjacent to an activating group) is 1. The van der Waals surface area contributed by atoms with Crippen molar-refractivity contribution in [1.29, 1.82) is 0 Å². The van der Waals surface area contributed by atoms with Gasteiger partial charge in [0.25, 0.3) is 0 Å². The first-order chi connectivity index (χ1) is 5.99. The van der Waals surface area contributed by atoms with Crippen molar-refractivity contribution in [3.05, 3.63) is 0 Å². The fourth-order valence-electron chi connectivity index (χ4n) is 1.06. The van der Waals surface area contributed by atoms with Crippen LogP contribution in [-0.4, -0.2) is 34.9 Å². The van der Waals surface area contributed by atoms with E-state index in [9.17, 15) is 4.79 Å². The molecular weight excluding hydrogens is 186 g/mol. The zero-order chi connectivity index (χ0) is 10.4. The summed E-state index contributed by atoms with van der Waals surface area (Å²) in [5.74, 6) is -0.315. The Bertz CT molecular complexity index is 196. The van der Waals surface area contributed by atoms with Crippen LogP contribution in [0, 0.1) is 0 Å². The predicted octanol–water partition coefficient (Wildman–Crippen LogP) is -0.142. The quantitative estimate of drug-likeness (QED) is 0.589. The summed E-state index contributed by atoms with van der Waals surface area (Å²) in [4.78, 5) is 13.3. The third-order valence-corrected chi connectivity index (χ3v) is 2.22. The molecule has 0 rings (SSSR count). The van der Waals surface area contributed by atoms with Crippen LogP contribution in [0.15, 0.2) is 0 Å². The normalized spacial score (nSPS) is 12.8. The number of nitrogens with two attached hydrogens (primary N) is 2. The summed E-state index contributed by atoms with van der Waals surface area (Å²) in [5, 5.41) is 0. The maximum atomic E-state index is 10.9. The van der Waals surface area contributed by atoms with Crippen LogP contribution in [0.3, 0.4) is 0 Å². The Labute approximate surface area is 84.3 Å². The van der Waals surface area contributed by atoms with Crippen LogP contribution in [0.2, 0.25) is 0 Å². The van der Waals surface area contributed by atoms with Gasteiger partial charge in [-0.3, -0.25) is 9.69 Å². The number of amides is 1. The Morgan fingerprint density at radius 2 is 2.08 bits per heavy atom. The molecular formula is C8H17N3OS. The van der Waals surface area contributed by atoms with E-state index in [1.54, 1.807) is 6.92 Å². The van der Waals surface area contributed by atoms with Gasteiger partial charge in [-0.15, -0.1) is 0 Å². The molecule has 76 valence electrons. The van der Waals surface area contributed by atoms with Gasteiger partial charge < -0.3 is 11.5 Å².